The Balaban J connectivity index is 2.01. The molecule has 0 aromatic carbocycles. The molecule has 1 fully saturated rings. The summed E-state index contributed by atoms with van der Waals surface area (Å²) < 4.78 is 0. The molecule has 1 aromatic heterocycles. The lowest BCUT2D eigenvalue weighted by Crippen LogP contribution is -2.30. The fourth-order valence-corrected chi connectivity index (χ4v) is 2.86. The maximum absolute atomic E-state index is 4.36. The van der Waals surface area contributed by atoms with E-state index < -0.39 is 0 Å². The highest BCUT2D eigenvalue weighted by Crippen LogP contribution is 2.27. The molecule has 0 radical (unpaired) electrons. The molecule has 18 heavy (non-hydrogen) atoms. The standard InChI is InChI=1S/C14H23N3S/c1-11(2)6-7-12-5-4-10-17(12)13-8-9-14(18-3)16-15-13/h8-9,11-12H,4-7,10H2,1-3H3. The summed E-state index contributed by atoms with van der Waals surface area (Å²) in [6.45, 7) is 5.73. The highest BCUT2D eigenvalue weighted by molar-refractivity contribution is 7.98. The summed E-state index contributed by atoms with van der Waals surface area (Å²) in [6.07, 6.45) is 7.21. The molecule has 1 unspecified atom stereocenters. The zero-order valence-electron chi connectivity index (χ0n) is 11.6. The van der Waals surface area contributed by atoms with Crippen molar-refractivity contribution in [3.63, 3.8) is 0 Å². The van der Waals surface area contributed by atoms with Crippen molar-refractivity contribution in [3.8, 4) is 0 Å². The molecule has 2 heterocycles. The summed E-state index contributed by atoms with van der Waals surface area (Å²) in [5.41, 5.74) is 0. The van der Waals surface area contributed by atoms with Gasteiger partial charge in [-0.3, -0.25) is 0 Å². The molecule has 1 saturated heterocycles. The van der Waals surface area contributed by atoms with Gasteiger partial charge in [0.05, 0.1) is 0 Å². The van der Waals surface area contributed by atoms with Gasteiger partial charge < -0.3 is 4.90 Å². The van der Waals surface area contributed by atoms with Crippen molar-refractivity contribution in [2.24, 2.45) is 5.92 Å². The zero-order valence-corrected chi connectivity index (χ0v) is 12.4. The van der Waals surface area contributed by atoms with Crippen LogP contribution in [-0.4, -0.2) is 29.0 Å². The number of hydrogen-bond acceptors (Lipinski definition) is 4. The van der Waals surface area contributed by atoms with Crippen LogP contribution in [0.5, 0.6) is 0 Å². The van der Waals surface area contributed by atoms with Gasteiger partial charge >= 0.3 is 0 Å². The molecule has 100 valence electrons. The van der Waals surface area contributed by atoms with Crippen LogP contribution in [0.4, 0.5) is 5.82 Å². The van der Waals surface area contributed by atoms with Crippen LogP contribution in [0.15, 0.2) is 17.2 Å². The van der Waals surface area contributed by atoms with Gasteiger partial charge in [-0.2, -0.15) is 0 Å². The van der Waals surface area contributed by atoms with E-state index in [-0.39, 0.29) is 0 Å². The molecular formula is C14H23N3S. The van der Waals surface area contributed by atoms with E-state index in [2.05, 4.69) is 41.1 Å². The van der Waals surface area contributed by atoms with E-state index in [0.29, 0.717) is 6.04 Å². The Morgan fingerprint density at radius 1 is 1.39 bits per heavy atom. The van der Waals surface area contributed by atoms with E-state index in [1.807, 2.05) is 6.26 Å². The Labute approximate surface area is 114 Å². The first kappa shape index (κ1) is 13.7. The Kier molecular flexibility index (Phi) is 4.87. The van der Waals surface area contributed by atoms with Gasteiger partial charge in [-0.05, 0) is 50.0 Å². The molecule has 1 aliphatic rings. The van der Waals surface area contributed by atoms with E-state index in [0.717, 1.165) is 23.3 Å². The first-order valence-corrected chi connectivity index (χ1v) is 8.07. The second kappa shape index (κ2) is 6.41. The maximum Gasteiger partial charge on any atom is 0.151 e. The summed E-state index contributed by atoms with van der Waals surface area (Å²) in [4.78, 5) is 2.44. The summed E-state index contributed by atoms with van der Waals surface area (Å²) in [6, 6.07) is 4.86. The van der Waals surface area contributed by atoms with Crippen molar-refractivity contribution in [1.82, 2.24) is 10.2 Å². The fraction of sp³-hybridized carbons (Fsp3) is 0.714. The lowest BCUT2D eigenvalue weighted by Gasteiger charge is -2.25. The molecule has 1 aliphatic heterocycles. The summed E-state index contributed by atoms with van der Waals surface area (Å²) in [7, 11) is 0. The topological polar surface area (TPSA) is 29.0 Å². The number of aromatic nitrogens is 2. The molecule has 0 spiro atoms. The van der Waals surface area contributed by atoms with Gasteiger partial charge in [-0.1, -0.05) is 13.8 Å². The molecule has 0 saturated carbocycles. The average Bonchev–Trinajstić information content (AvgIpc) is 2.85. The van der Waals surface area contributed by atoms with Crippen molar-refractivity contribution in [2.45, 2.75) is 50.6 Å². The Hall–Kier alpha value is -0.770. The van der Waals surface area contributed by atoms with Crippen molar-refractivity contribution in [1.29, 1.82) is 0 Å². The highest BCUT2D eigenvalue weighted by atomic mass is 32.2. The van der Waals surface area contributed by atoms with Crippen LogP contribution in [0.2, 0.25) is 0 Å². The molecule has 2 rings (SSSR count). The number of anilines is 1. The summed E-state index contributed by atoms with van der Waals surface area (Å²) in [5.74, 6) is 1.84. The third-order valence-corrected chi connectivity index (χ3v) is 4.22. The fourth-order valence-electron chi connectivity index (χ4n) is 2.54. The third-order valence-electron chi connectivity index (χ3n) is 3.58. The molecule has 1 aromatic rings. The van der Waals surface area contributed by atoms with Crippen LogP contribution >= 0.6 is 11.8 Å². The highest BCUT2D eigenvalue weighted by Gasteiger charge is 2.25. The van der Waals surface area contributed by atoms with Crippen LogP contribution < -0.4 is 4.90 Å². The van der Waals surface area contributed by atoms with Gasteiger partial charge in [0.15, 0.2) is 5.82 Å². The van der Waals surface area contributed by atoms with Crippen molar-refractivity contribution < 1.29 is 0 Å². The normalized spacial score (nSPS) is 19.8. The van der Waals surface area contributed by atoms with E-state index >= 15 is 0 Å². The predicted molar refractivity (Wildman–Crippen MR) is 78.3 cm³/mol. The molecule has 1 atom stereocenters. The van der Waals surface area contributed by atoms with Crippen molar-refractivity contribution >= 4 is 17.6 Å². The average molecular weight is 265 g/mol. The Morgan fingerprint density at radius 3 is 2.83 bits per heavy atom. The monoisotopic (exact) mass is 265 g/mol. The molecule has 0 aliphatic carbocycles. The van der Waals surface area contributed by atoms with Gasteiger partial charge in [-0.15, -0.1) is 22.0 Å². The minimum atomic E-state index is 0.668. The minimum absolute atomic E-state index is 0.668. The van der Waals surface area contributed by atoms with E-state index in [4.69, 9.17) is 0 Å². The number of hydrogen-bond donors (Lipinski definition) is 0. The lowest BCUT2D eigenvalue weighted by molar-refractivity contribution is 0.493. The van der Waals surface area contributed by atoms with Crippen LogP contribution in [0.25, 0.3) is 0 Å². The van der Waals surface area contributed by atoms with E-state index in [1.165, 1.54) is 25.7 Å². The molecule has 0 amide bonds. The van der Waals surface area contributed by atoms with E-state index in [1.54, 1.807) is 11.8 Å². The smallest absolute Gasteiger partial charge is 0.151 e. The molecule has 0 N–H and O–H groups in total. The molecular weight excluding hydrogens is 242 g/mol. The SMILES string of the molecule is CSc1ccc(N2CCCC2CCC(C)C)nn1. The van der Waals surface area contributed by atoms with Crippen LogP contribution in [0.1, 0.15) is 39.5 Å². The van der Waals surface area contributed by atoms with Crippen LogP contribution in [0, 0.1) is 5.92 Å². The molecule has 3 nitrogen and oxygen atoms in total. The third kappa shape index (κ3) is 3.37. The summed E-state index contributed by atoms with van der Waals surface area (Å²) in [5, 5.41) is 9.60. The molecule has 0 bridgehead atoms. The van der Waals surface area contributed by atoms with Crippen LogP contribution in [-0.2, 0) is 0 Å². The first-order chi connectivity index (χ1) is 8.70. The maximum atomic E-state index is 4.36. The van der Waals surface area contributed by atoms with Gasteiger partial charge in [0, 0.05) is 12.6 Å². The second-order valence-corrected chi connectivity index (χ2v) is 6.22. The van der Waals surface area contributed by atoms with Gasteiger partial charge in [0.2, 0.25) is 0 Å². The Morgan fingerprint density at radius 2 is 2.22 bits per heavy atom. The number of thioether (sulfide) groups is 1. The molecule has 4 heteroatoms. The predicted octanol–water partition coefficient (Wildman–Crippen LogP) is 3.60. The minimum Gasteiger partial charge on any atom is -0.352 e. The summed E-state index contributed by atoms with van der Waals surface area (Å²) >= 11 is 1.64. The van der Waals surface area contributed by atoms with Gasteiger partial charge in [0.25, 0.3) is 0 Å². The number of nitrogens with zero attached hydrogens (tertiary/aromatic N) is 3. The largest absolute Gasteiger partial charge is 0.352 e. The van der Waals surface area contributed by atoms with Crippen molar-refractivity contribution in [2.75, 3.05) is 17.7 Å². The van der Waals surface area contributed by atoms with E-state index in [9.17, 15) is 0 Å². The Bertz CT molecular complexity index is 364. The first-order valence-electron chi connectivity index (χ1n) is 6.85. The lowest BCUT2D eigenvalue weighted by atomic mass is 10.0. The van der Waals surface area contributed by atoms with Gasteiger partial charge in [-0.25, -0.2) is 0 Å². The zero-order chi connectivity index (χ0) is 13.0. The van der Waals surface area contributed by atoms with Crippen LogP contribution in [0.3, 0.4) is 0 Å². The second-order valence-electron chi connectivity index (χ2n) is 5.39. The van der Waals surface area contributed by atoms with Crippen molar-refractivity contribution in [3.05, 3.63) is 12.1 Å². The number of rotatable bonds is 5. The van der Waals surface area contributed by atoms with Gasteiger partial charge in [0.1, 0.15) is 5.03 Å². The quantitative estimate of drug-likeness (QED) is 0.761.